The predicted octanol–water partition coefficient (Wildman–Crippen LogP) is 2.73. The van der Waals surface area contributed by atoms with Crippen LogP contribution in [-0.2, 0) is 0 Å². The topological polar surface area (TPSA) is 84.6 Å². The molecule has 2 aromatic rings. The van der Waals surface area contributed by atoms with E-state index in [0.717, 1.165) is 4.88 Å². The van der Waals surface area contributed by atoms with Gasteiger partial charge in [0.25, 0.3) is 11.6 Å². The molecule has 0 bridgehead atoms. The summed E-state index contributed by atoms with van der Waals surface area (Å²) in [5.74, 6) is -0.407. The maximum Gasteiger partial charge on any atom is 0.272 e. The number of rotatable bonds is 4. The van der Waals surface area contributed by atoms with Crippen molar-refractivity contribution in [3.05, 3.63) is 61.8 Å². The van der Waals surface area contributed by atoms with Crippen LogP contribution in [-0.4, -0.2) is 17.0 Å². The van der Waals surface area contributed by atoms with Gasteiger partial charge in [-0.1, -0.05) is 6.07 Å². The molecule has 2 rings (SSSR count). The highest BCUT2D eigenvalue weighted by molar-refractivity contribution is 7.11. The minimum atomic E-state index is -0.480. The second-order valence-corrected chi connectivity index (χ2v) is 4.95. The van der Waals surface area contributed by atoms with Crippen molar-refractivity contribution in [2.75, 3.05) is 0 Å². The van der Waals surface area contributed by atoms with E-state index >= 15 is 0 Å². The van der Waals surface area contributed by atoms with Gasteiger partial charge in [-0.3, -0.25) is 14.9 Å². The molecule has 1 amide bonds. The van der Waals surface area contributed by atoms with Gasteiger partial charge in [-0.05, 0) is 30.5 Å². The van der Waals surface area contributed by atoms with Crippen LogP contribution < -0.4 is 5.43 Å². The molecular formula is C13H11N3O3S. The lowest BCUT2D eigenvalue weighted by Crippen LogP contribution is -2.17. The molecule has 0 aliphatic heterocycles. The van der Waals surface area contributed by atoms with Gasteiger partial charge in [0, 0.05) is 22.1 Å². The fourth-order valence-corrected chi connectivity index (χ4v) is 2.17. The minimum Gasteiger partial charge on any atom is -0.267 e. The second-order valence-electron chi connectivity index (χ2n) is 3.97. The normalized spacial score (nSPS) is 10.7. The van der Waals surface area contributed by atoms with Gasteiger partial charge >= 0.3 is 0 Å². The summed E-state index contributed by atoms with van der Waals surface area (Å²) < 4.78 is 0. The van der Waals surface area contributed by atoms with Crippen LogP contribution in [0.3, 0.4) is 0 Å². The van der Waals surface area contributed by atoms with Crippen LogP contribution in [0.4, 0.5) is 5.69 Å². The molecule has 1 aromatic carbocycles. The number of hydrogen-bond acceptors (Lipinski definition) is 5. The molecule has 0 saturated carbocycles. The van der Waals surface area contributed by atoms with Crippen molar-refractivity contribution >= 4 is 29.1 Å². The Bertz CT molecular complexity index is 666. The molecule has 0 aliphatic carbocycles. The molecule has 7 heteroatoms. The molecule has 0 aliphatic rings. The number of nitro groups is 1. The number of aryl methyl sites for hydroxylation is 1. The first kappa shape index (κ1) is 13.9. The zero-order chi connectivity index (χ0) is 14.5. The van der Waals surface area contributed by atoms with E-state index in [2.05, 4.69) is 10.5 Å². The summed E-state index contributed by atoms with van der Waals surface area (Å²) in [5.41, 5.74) is 3.14. The number of carbonyl (C=O) groups is 1. The van der Waals surface area contributed by atoms with Crippen molar-refractivity contribution in [2.24, 2.45) is 5.10 Å². The van der Waals surface area contributed by atoms with Gasteiger partial charge in [0.15, 0.2) is 0 Å². The lowest BCUT2D eigenvalue weighted by atomic mass is 10.1. The van der Waals surface area contributed by atoms with E-state index in [4.69, 9.17) is 0 Å². The number of carbonyl (C=O) groups excluding carboxylic acids is 1. The summed E-state index contributed by atoms with van der Waals surface area (Å²) in [6.45, 7) is 1.59. The number of benzene rings is 1. The van der Waals surface area contributed by atoms with Gasteiger partial charge in [-0.25, -0.2) is 5.43 Å². The highest BCUT2D eigenvalue weighted by Crippen LogP contribution is 2.18. The molecule has 1 N–H and O–H groups in total. The monoisotopic (exact) mass is 289 g/mol. The fourth-order valence-electron chi connectivity index (χ4n) is 1.59. The number of thiophene rings is 1. The first-order valence-electron chi connectivity index (χ1n) is 5.70. The molecule has 0 unspecified atom stereocenters. The van der Waals surface area contributed by atoms with Crippen molar-refractivity contribution in [1.29, 1.82) is 0 Å². The lowest BCUT2D eigenvalue weighted by molar-refractivity contribution is -0.385. The number of hydrazone groups is 1. The molecule has 6 nitrogen and oxygen atoms in total. The van der Waals surface area contributed by atoms with Crippen molar-refractivity contribution in [3.63, 3.8) is 0 Å². The third kappa shape index (κ3) is 3.27. The zero-order valence-corrected chi connectivity index (χ0v) is 11.4. The maximum atomic E-state index is 11.8. The summed E-state index contributed by atoms with van der Waals surface area (Å²) in [6, 6.07) is 7.94. The van der Waals surface area contributed by atoms with Crippen LogP contribution in [0.2, 0.25) is 0 Å². The van der Waals surface area contributed by atoms with Gasteiger partial charge in [0.05, 0.1) is 11.1 Å². The van der Waals surface area contributed by atoms with E-state index < -0.39 is 10.8 Å². The molecule has 102 valence electrons. The van der Waals surface area contributed by atoms with E-state index in [1.807, 2.05) is 17.5 Å². The summed E-state index contributed by atoms with van der Waals surface area (Å²) in [7, 11) is 0. The van der Waals surface area contributed by atoms with Crippen LogP contribution in [0.5, 0.6) is 0 Å². The minimum absolute atomic E-state index is 0.0105. The van der Waals surface area contributed by atoms with Gasteiger partial charge in [0.2, 0.25) is 0 Å². The highest BCUT2D eigenvalue weighted by Gasteiger charge is 2.13. The SMILES string of the molecule is Cc1cc(C(=O)N/N=C/c2cccs2)ccc1[N+](=O)[O-]. The maximum absolute atomic E-state index is 11.8. The summed E-state index contributed by atoms with van der Waals surface area (Å²) in [4.78, 5) is 22.9. The van der Waals surface area contributed by atoms with Crippen molar-refractivity contribution < 1.29 is 9.72 Å². The fraction of sp³-hybridized carbons (Fsp3) is 0.0769. The molecule has 0 atom stereocenters. The van der Waals surface area contributed by atoms with Gasteiger partial charge < -0.3 is 0 Å². The molecule has 0 radical (unpaired) electrons. The number of nitrogens with zero attached hydrogens (tertiary/aromatic N) is 2. The van der Waals surface area contributed by atoms with Crippen LogP contribution in [0.15, 0.2) is 40.8 Å². The Morgan fingerprint density at radius 3 is 2.85 bits per heavy atom. The number of nitrogens with one attached hydrogen (secondary N) is 1. The number of nitro benzene ring substituents is 1. The second kappa shape index (κ2) is 6.07. The average Bonchev–Trinajstić information content (AvgIpc) is 2.91. The van der Waals surface area contributed by atoms with E-state index in [-0.39, 0.29) is 5.69 Å². The molecule has 0 fully saturated rings. The molecule has 1 aromatic heterocycles. The third-order valence-electron chi connectivity index (χ3n) is 2.56. The quantitative estimate of drug-likeness (QED) is 0.533. The number of hydrogen-bond donors (Lipinski definition) is 1. The van der Waals surface area contributed by atoms with Gasteiger partial charge in [-0.15, -0.1) is 11.3 Å². The van der Waals surface area contributed by atoms with Crippen LogP contribution in [0.25, 0.3) is 0 Å². The third-order valence-corrected chi connectivity index (χ3v) is 3.36. The van der Waals surface area contributed by atoms with E-state index in [0.29, 0.717) is 11.1 Å². The Balaban J connectivity index is 2.06. The first-order valence-corrected chi connectivity index (χ1v) is 6.58. The standard InChI is InChI=1S/C13H11N3O3S/c1-9-7-10(4-5-12(9)16(18)19)13(17)15-14-8-11-3-2-6-20-11/h2-8H,1H3,(H,15,17)/b14-8+. The van der Waals surface area contributed by atoms with E-state index in [9.17, 15) is 14.9 Å². The summed E-state index contributed by atoms with van der Waals surface area (Å²) in [6.07, 6.45) is 1.54. The average molecular weight is 289 g/mol. The summed E-state index contributed by atoms with van der Waals surface area (Å²) >= 11 is 1.50. The Labute approximate surface area is 118 Å². The smallest absolute Gasteiger partial charge is 0.267 e. The lowest BCUT2D eigenvalue weighted by Gasteiger charge is -2.01. The van der Waals surface area contributed by atoms with Crippen LogP contribution in [0, 0.1) is 17.0 Å². The Kier molecular flexibility index (Phi) is 4.21. The Hall–Kier alpha value is -2.54. The van der Waals surface area contributed by atoms with E-state index in [1.54, 1.807) is 13.1 Å². The predicted molar refractivity (Wildman–Crippen MR) is 77.2 cm³/mol. The Morgan fingerprint density at radius 2 is 2.25 bits per heavy atom. The van der Waals surface area contributed by atoms with Crippen molar-refractivity contribution in [1.82, 2.24) is 5.43 Å². The first-order chi connectivity index (χ1) is 9.58. The largest absolute Gasteiger partial charge is 0.272 e. The summed E-state index contributed by atoms with van der Waals surface area (Å²) in [5, 5.41) is 16.4. The van der Waals surface area contributed by atoms with Gasteiger partial charge in [0.1, 0.15) is 0 Å². The van der Waals surface area contributed by atoms with Crippen LogP contribution in [0.1, 0.15) is 20.8 Å². The zero-order valence-electron chi connectivity index (χ0n) is 10.6. The Morgan fingerprint density at radius 1 is 1.45 bits per heavy atom. The number of amides is 1. The molecule has 0 spiro atoms. The van der Waals surface area contributed by atoms with Crippen molar-refractivity contribution in [2.45, 2.75) is 6.92 Å². The molecular weight excluding hydrogens is 278 g/mol. The highest BCUT2D eigenvalue weighted by atomic mass is 32.1. The van der Waals surface area contributed by atoms with E-state index in [1.165, 1.54) is 29.5 Å². The molecule has 1 heterocycles. The molecule has 0 saturated heterocycles. The van der Waals surface area contributed by atoms with Gasteiger partial charge in [-0.2, -0.15) is 5.10 Å². The van der Waals surface area contributed by atoms with Crippen LogP contribution >= 0.6 is 11.3 Å². The molecule has 20 heavy (non-hydrogen) atoms. The van der Waals surface area contributed by atoms with Crippen molar-refractivity contribution in [3.8, 4) is 0 Å².